The molecule has 1 fully saturated rings. The zero-order valence-corrected chi connectivity index (χ0v) is 26.4. The maximum atomic E-state index is 8.30. The van der Waals surface area contributed by atoms with E-state index in [0.29, 0.717) is 0 Å². The summed E-state index contributed by atoms with van der Waals surface area (Å²) in [5.74, 6) is 0. The number of allylic oxidation sites excluding steroid dienone is 5. The molecule has 230 valence electrons. The molecule has 1 aliphatic heterocycles. The molecule has 0 atom stereocenters. The summed E-state index contributed by atoms with van der Waals surface area (Å²) in [6, 6.07) is 8.69. The minimum absolute atomic E-state index is 0.283. The maximum Gasteiger partial charge on any atom is 0.0571 e. The average molecular weight is 577 g/mol. The van der Waals surface area contributed by atoms with Crippen LogP contribution in [0.5, 0.6) is 0 Å². The standard InChI is InChI=1S/C28H34N4.C6H14O2.CH4O/c1-6-10-24(20(4)31-16-15-23(17-19(31)3)28(29)22-13-14-22)25-11-8-9-12-26(25)27-18-30-32(7-2)21(27)5;7-5-3-1-2-4-6-8;1-2/h8-9,11-12,15-18H,3,6-7,10,13-14,29H2,1-2,4-5H3;7-8H,1-6H2;2H,1H3/b24-20+;;. The molecular formula is C35H52N4O3. The van der Waals surface area contributed by atoms with E-state index >= 15 is 0 Å². The predicted molar refractivity (Wildman–Crippen MR) is 175 cm³/mol. The van der Waals surface area contributed by atoms with Crippen LogP contribution in [-0.4, -0.2) is 50.3 Å². The SMILES string of the molecule is C=C1C=C(C(N)=C2CC2)C=CN1/C(C)=C(\CCC)c1ccccc1-c1cnn(CC)c1C.CO.OCCCCCCO. The number of nitrogens with two attached hydrogens (primary N) is 1. The summed E-state index contributed by atoms with van der Waals surface area (Å²) in [4.78, 5) is 2.19. The van der Waals surface area contributed by atoms with Crippen molar-refractivity contribution in [2.45, 2.75) is 85.6 Å². The number of hydrogen-bond donors (Lipinski definition) is 4. The maximum absolute atomic E-state index is 8.30. The summed E-state index contributed by atoms with van der Waals surface area (Å²) >= 11 is 0. The lowest BCUT2D eigenvalue weighted by atomic mass is 9.91. The van der Waals surface area contributed by atoms with E-state index < -0.39 is 0 Å². The quantitative estimate of drug-likeness (QED) is 0.206. The van der Waals surface area contributed by atoms with Crippen molar-refractivity contribution in [2.24, 2.45) is 5.73 Å². The molecule has 1 saturated carbocycles. The Kier molecular flexibility index (Phi) is 15.1. The van der Waals surface area contributed by atoms with E-state index in [1.165, 1.54) is 39.2 Å². The van der Waals surface area contributed by atoms with E-state index in [1.807, 2.05) is 6.20 Å². The zero-order valence-electron chi connectivity index (χ0n) is 26.4. The molecule has 0 bridgehead atoms. The van der Waals surface area contributed by atoms with Crippen molar-refractivity contribution in [3.05, 3.63) is 94.9 Å². The van der Waals surface area contributed by atoms with Crippen LogP contribution in [0.15, 0.2) is 83.6 Å². The Hall–Kier alpha value is -3.39. The number of nitrogens with zero attached hydrogens (tertiary/aromatic N) is 3. The fraction of sp³-hybridized carbons (Fsp3) is 0.457. The van der Waals surface area contributed by atoms with Gasteiger partial charge in [0, 0.05) is 67.0 Å². The highest BCUT2D eigenvalue weighted by Crippen LogP contribution is 2.38. The first-order valence-corrected chi connectivity index (χ1v) is 15.2. The van der Waals surface area contributed by atoms with Crippen LogP contribution in [0.4, 0.5) is 0 Å². The van der Waals surface area contributed by atoms with Gasteiger partial charge in [0.1, 0.15) is 0 Å². The second kappa shape index (κ2) is 18.2. The third-order valence-electron chi connectivity index (χ3n) is 7.54. The molecule has 0 amide bonds. The van der Waals surface area contributed by atoms with Crippen molar-refractivity contribution in [1.29, 1.82) is 0 Å². The van der Waals surface area contributed by atoms with Crippen LogP contribution in [0.1, 0.15) is 83.4 Å². The van der Waals surface area contributed by atoms with Crippen molar-refractivity contribution >= 4 is 5.57 Å². The number of unbranched alkanes of at least 4 members (excludes halogenated alkanes) is 3. The second-order valence-corrected chi connectivity index (χ2v) is 10.5. The molecule has 2 aromatic rings. The summed E-state index contributed by atoms with van der Waals surface area (Å²) in [7, 11) is 1.00. The lowest BCUT2D eigenvalue weighted by Gasteiger charge is -2.29. The van der Waals surface area contributed by atoms with E-state index in [1.54, 1.807) is 0 Å². The lowest BCUT2D eigenvalue weighted by molar-refractivity contribution is 0.265. The van der Waals surface area contributed by atoms with E-state index in [0.717, 1.165) is 82.0 Å². The summed E-state index contributed by atoms with van der Waals surface area (Å²) in [6.45, 7) is 14.5. The lowest BCUT2D eigenvalue weighted by Crippen LogP contribution is -2.18. The number of rotatable bonds is 12. The van der Waals surface area contributed by atoms with Gasteiger partial charge in [0.25, 0.3) is 0 Å². The molecule has 0 saturated heterocycles. The van der Waals surface area contributed by atoms with Gasteiger partial charge in [-0.25, -0.2) is 0 Å². The molecule has 7 nitrogen and oxygen atoms in total. The molecule has 1 aromatic heterocycles. The highest BCUT2D eigenvalue weighted by Gasteiger charge is 2.22. The number of aryl methyl sites for hydroxylation is 1. The largest absolute Gasteiger partial charge is 0.400 e. The van der Waals surface area contributed by atoms with Gasteiger partial charge in [-0.2, -0.15) is 5.10 Å². The van der Waals surface area contributed by atoms with E-state index in [-0.39, 0.29) is 13.2 Å². The predicted octanol–water partition coefficient (Wildman–Crippen LogP) is 6.83. The number of benzene rings is 1. The van der Waals surface area contributed by atoms with Crippen molar-refractivity contribution in [3.63, 3.8) is 0 Å². The minimum Gasteiger partial charge on any atom is -0.400 e. The normalized spacial score (nSPS) is 14.4. The molecule has 0 radical (unpaired) electrons. The van der Waals surface area contributed by atoms with Crippen LogP contribution in [0, 0.1) is 6.92 Å². The molecule has 0 unspecified atom stereocenters. The molecule has 1 aliphatic carbocycles. The van der Waals surface area contributed by atoms with Gasteiger partial charge in [0.15, 0.2) is 0 Å². The van der Waals surface area contributed by atoms with Crippen molar-refractivity contribution in [3.8, 4) is 11.1 Å². The molecule has 2 aliphatic rings. The molecule has 42 heavy (non-hydrogen) atoms. The van der Waals surface area contributed by atoms with Crippen LogP contribution in [0.2, 0.25) is 0 Å². The van der Waals surface area contributed by atoms with E-state index in [2.05, 4.69) is 91.6 Å². The molecule has 2 heterocycles. The van der Waals surface area contributed by atoms with Gasteiger partial charge < -0.3 is 26.0 Å². The fourth-order valence-corrected chi connectivity index (χ4v) is 5.07. The Morgan fingerprint density at radius 1 is 1.00 bits per heavy atom. The van der Waals surface area contributed by atoms with Gasteiger partial charge in [-0.05, 0) is 87.3 Å². The number of aliphatic hydroxyl groups is 3. The van der Waals surface area contributed by atoms with Crippen molar-refractivity contribution in [2.75, 3.05) is 20.3 Å². The van der Waals surface area contributed by atoms with Gasteiger partial charge in [-0.1, -0.05) is 57.0 Å². The Morgan fingerprint density at radius 2 is 1.64 bits per heavy atom. The average Bonchev–Trinajstić information content (AvgIpc) is 3.80. The van der Waals surface area contributed by atoms with Crippen LogP contribution >= 0.6 is 0 Å². The number of aromatic nitrogens is 2. The zero-order chi connectivity index (χ0) is 31.1. The molecule has 0 spiro atoms. The Balaban J connectivity index is 0.000000535. The fourth-order valence-electron chi connectivity index (χ4n) is 5.07. The van der Waals surface area contributed by atoms with Gasteiger partial charge in [-0.15, -0.1) is 0 Å². The highest BCUT2D eigenvalue weighted by atomic mass is 16.3. The monoisotopic (exact) mass is 576 g/mol. The Bertz CT molecular complexity index is 1270. The summed E-state index contributed by atoms with van der Waals surface area (Å²) in [5, 5.41) is 28.2. The topological polar surface area (TPSA) is 108 Å². The highest BCUT2D eigenvalue weighted by molar-refractivity contribution is 5.83. The Labute approximate surface area is 253 Å². The molecule has 4 rings (SSSR count). The van der Waals surface area contributed by atoms with Gasteiger partial charge in [-0.3, -0.25) is 4.68 Å². The van der Waals surface area contributed by atoms with Crippen LogP contribution in [0.25, 0.3) is 16.7 Å². The van der Waals surface area contributed by atoms with Gasteiger partial charge >= 0.3 is 0 Å². The summed E-state index contributed by atoms with van der Waals surface area (Å²) in [6.07, 6.45) is 16.5. The van der Waals surface area contributed by atoms with E-state index in [9.17, 15) is 0 Å². The minimum atomic E-state index is 0.283. The first-order chi connectivity index (χ1) is 20.4. The molecular weight excluding hydrogens is 524 g/mol. The van der Waals surface area contributed by atoms with Crippen molar-refractivity contribution < 1.29 is 15.3 Å². The second-order valence-electron chi connectivity index (χ2n) is 10.5. The van der Waals surface area contributed by atoms with Gasteiger partial charge in [0.05, 0.1) is 6.20 Å². The van der Waals surface area contributed by atoms with E-state index in [4.69, 9.17) is 21.1 Å². The third kappa shape index (κ3) is 9.31. The smallest absolute Gasteiger partial charge is 0.0571 e. The summed E-state index contributed by atoms with van der Waals surface area (Å²) in [5.41, 5.74) is 18.1. The number of aliphatic hydroxyl groups excluding tert-OH is 3. The van der Waals surface area contributed by atoms with Crippen LogP contribution in [0.3, 0.4) is 0 Å². The van der Waals surface area contributed by atoms with Crippen molar-refractivity contribution in [1.82, 2.24) is 14.7 Å². The first kappa shape index (κ1) is 34.8. The first-order valence-electron chi connectivity index (χ1n) is 15.2. The van der Waals surface area contributed by atoms with Gasteiger partial charge in [0.2, 0.25) is 0 Å². The van der Waals surface area contributed by atoms with Crippen LogP contribution in [-0.2, 0) is 6.54 Å². The third-order valence-corrected chi connectivity index (χ3v) is 7.54. The molecule has 1 aromatic carbocycles. The molecule has 5 N–H and O–H groups in total. The molecule has 7 heteroatoms. The van der Waals surface area contributed by atoms with Crippen LogP contribution < -0.4 is 5.73 Å². The Morgan fingerprint density at radius 3 is 2.17 bits per heavy atom. The summed E-state index contributed by atoms with van der Waals surface area (Å²) < 4.78 is 2.06. The number of hydrogen-bond acceptors (Lipinski definition) is 6.